The van der Waals surface area contributed by atoms with Crippen molar-refractivity contribution in [2.45, 2.75) is 333 Å². The van der Waals surface area contributed by atoms with Gasteiger partial charge in [-0.3, -0.25) is 4.79 Å². The van der Waals surface area contributed by atoms with Gasteiger partial charge >= 0.3 is 0 Å². The fraction of sp³-hybridized carbons (Fsp3) is 0.885. The van der Waals surface area contributed by atoms with E-state index >= 15 is 0 Å². The predicted octanol–water partition coefficient (Wildman–Crippen LogP) is 15.1. The van der Waals surface area contributed by atoms with Crippen LogP contribution in [0.1, 0.15) is 290 Å². The second-order valence-corrected chi connectivity index (χ2v) is 21.1. The zero-order valence-electron chi connectivity index (χ0n) is 45.8. The van der Waals surface area contributed by atoms with E-state index in [0.717, 1.165) is 38.5 Å². The van der Waals surface area contributed by atoms with E-state index in [1.165, 1.54) is 231 Å². The summed E-state index contributed by atoms with van der Waals surface area (Å²) in [5.74, 6) is -0.185. The molecule has 0 spiro atoms. The van der Waals surface area contributed by atoms with E-state index in [9.17, 15) is 30.3 Å². The van der Waals surface area contributed by atoms with Gasteiger partial charge in [-0.25, -0.2) is 0 Å². The minimum absolute atomic E-state index is 0.185. The van der Waals surface area contributed by atoms with E-state index in [1.54, 1.807) is 6.08 Å². The molecule has 9 heteroatoms. The molecule has 7 unspecified atom stereocenters. The number of hydrogen-bond acceptors (Lipinski definition) is 8. The third-order valence-electron chi connectivity index (χ3n) is 14.4. The zero-order valence-corrected chi connectivity index (χ0v) is 45.8. The van der Waals surface area contributed by atoms with Crippen molar-refractivity contribution >= 4 is 5.91 Å². The fourth-order valence-electron chi connectivity index (χ4n) is 9.64. The van der Waals surface area contributed by atoms with Crippen LogP contribution in [-0.4, -0.2) is 87.5 Å². The lowest BCUT2D eigenvalue weighted by molar-refractivity contribution is -0.302. The van der Waals surface area contributed by atoms with Crippen molar-refractivity contribution in [3.63, 3.8) is 0 Å². The molecule has 9 nitrogen and oxygen atoms in total. The van der Waals surface area contributed by atoms with Crippen molar-refractivity contribution in [3.8, 4) is 0 Å². The molecule has 6 N–H and O–H groups in total. The lowest BCUT2D eigenvalue weighted by atomic mass is 9.99. The normalized spacial score (nSPS) is 19.6. The second kappa shape index (κ2) is 50.9. The second-order valence-electron chi connectivity index (χ2n) is 21.1. The first-order chi connectivity index (χ1) is 34.3. The first kappa shape index (κ1) is 66.4. The molecule has 70 heavy (non-hydrogen) atoms. The third kappa shape index (κ3) is 39.9. The van der Waals surface area contributed by atoms with Crippen LogP contribution in [0.5, 0.6) is 0 Å². The highest BCUT2D eigenvalue weighted by atomic mass is 16.7. The summed E-state index contributed by atoms with van der Waals surface area (Å²) in [6.45, 7) is 3.74. The van der Waals surface area contributed by atoms with Gasteiger partial charge in [0.2, 0.25) is 5.91 Å². The van der Waals surface area contributed by atoms with Gasteiger partial charge in [-0.05, 0) is 57.8 Å². The zero-order chi connectivity index (χ0) is 50.8. The molecule has 1 saturated heterocycles. The molecular weight excluding hydrogens is 875 g/mol. The van der Waals surface area contributed by atoms with Gasteiger partial charge < -0.3 is 40.3 Å². The van der Waals surface area contributed by atoms with Gasteiger partial charge in [0.1, 0.15) is 24.4 Å². The summed E-state index contributed by atoms with van der Waals surface area (Å²) in [5, 5.41) is 54.2. The van der Waals surface area contributed by atoms with E-state index in [1.807, 2.05) is 6.08 Å². The van der Waals surface area contributed by atoms with Crippen LogP contribution in [0.2, 0.25) is 0 Å². The summed E-state index contributed by atoms with van der Waals surface area (Å²) in [4.78, 5) is 13.0. The van der Waals surface area contributed by atoms with E-state index < -0.39 is 49.5 Å². The highest BCUT2D eigenvalue weighted by Gasteiger charge is 2.44. The smallest absolute Gasteiger partial charge is 0.220 e. The van der Waals surface area contributed by atoms with E-state index in [-0.39, 0.29) is 12.5 Å². The highest BCUT2D eigenvalue weighted by molar-refractivity contribution is 5.76. The Balaban J connectivity index is 2.02. The SMILES string of the molecule is CCCCCC/C=C/CC/C=C/C(O)C(COC1OC(CO)C(O)C(O)C1O)NC(=O)CCCCCCCCCCCCCCCCCCC/C=C\CCCCCCCCCCCCCCCCCC. The average molecular weight is 991 g/mol. The maximum absolute atomic E-state index is 13.0. The molecule has 1 heterocycles. The van der Waals surface area contributed by atoms with Crippen molar-refractivity contribution < 1.29 is 39.8 Å². The molecule has 7 atom stereocenters. The van der Waals surface area contributed by atoms with Crippen molar-refractivity contribution in [3.05, 3.63) is 36.5 Å². The number of rotatable bonds is 52. The summed E-state index contributed by atoms with van der Waals surface area (Å²) in [6.07, 6.45) is 59.8. The Kier molecular flexibility index (Phi) is 48.3. The minimum Gasteiger partial charge on any atom is -0.394 e. The standard InChI is InChI=1S/C61H115NO8/c1-3-5-7-9-11-13-15-16-17-18-19-20-21-22-23-24-25-26-27-28-29-30-31-32-33-34-35-36-37-38-39-40-41-43-45-47-49-51-57(65)62-54(53-69-61-60(68)59(67)58(66)56(52-63)70-61)55(64)50-48-46-44-42-14-12-10-8-6-4-2/h14,26-27,42,48,50,54-56,58-61,63-64,66-68H,3-13,15-25,28-41,43-47,49,51-53H2,1-2H3,(H,62,65)/b27-26-,42-14+,50-48+. The molecule has 1 fully saturated rings. The Hall–Kier alpha value is -1.59. The molecule has 0 bridgehead atoms. The van der Waals surface area contributed by atoms with E-state index in [0.29, 0.717) is 6.42 Å². The molecule has 0 aromatic carbocycles. The quantitative estimate of drug-likeness (QED) is 0.0261. The predicted molar refractivity (Wildman–Crippen MR) is 295 cm³/mol. The topological polar surface area (TPSA) is 149 Å². The largest absolute Gasteiger partial charge is 0.394 e. The van der Waals surface area contributed by atoms with Crippen LogP contribution in [0.4, 0.5) is 0 Å². The molecular formula is C61H115NO8. The molecule has 1 aliphatic rings. The Morgan fingerprint density at radius 1 is 0.471 bits per heavy atom. The molecule has 0 aromatic heterocycles. The first-order valence-electron chi connectivity index (χ1n) is 30.2. The van der Waals surface area contributed by atoms with Crippen LogP contribution in [0, 0.1) is 0 Å². The lowest BCUT2D eigenvalue weighted by Crippen LogP contribution is -2.60. The Morgan fingerprint density at radius 3 is 1.21 bits per heavy atom. The minimum atomic E-state index is -1.57. The number of amides is 1. The number of ether oxygens (including phenoxy) is 2. The number of carbonyl (C=O) groups is 1. The Labute approximate surface area is 431 Å². The van der Waals surface area contributed by atoms with Crippen molar-refractivity contribution in [1.29, 1.82) is 0 Å². The van der Waals surface area contributed by atoms with Gasteiger partial charge in [-0.15, -0.1) is 0 Å². The van der Waals surface area contributed by atoms with E-state index in [4.69, 9.17) is 9.47 Å². The van der Waals surface area contributed by atoms with Crippen LogP contribution in [0.15, 0.2) is 36.5 Å². The molecule has 0 saturated carbocycles. The first-order valence-corrected chi connectivity index (χ1v) is 30.2. The fourth-order valence-corrected chi connectivity index (χ4v) is 9.64. The molecule has 0 aromatic rings. The Morgan fingerprint density at radius 2 is 0.814 bits per heavy atom. The van der Waals surface area contributed by atoms with Crippen molar-refractivity contribution in [1.82, 2.24) is 5.32 Å². The van der Waals surface area contributed by atoms with Gasteiger partial charge in [0, 0.05) is 6.42 Å². The van der Waals surface area contributed by atoms with Crippen LogP contribution >= 0.6 is 0 Å². The van der Waals surface area contributed by atoms with Gasteiger partial charge in [0.15, 0.2) is 6.29 Å². The number of aliphatic hydroxyl groups is 5. The molecule has 1 rings (SSSR count). The maximum atomic E-state index is 13.0. The molecule has 412 valence electrons. The molecule has 1 amide bonds. The van der Waals surface area contributed by atoms with Gasteiger partial charge in [-0.2, -0.15) is 0 Å². The van der Waals surface area contributed by atoms with Gasteiger partial charge in [0.05, 0.1) is 25.4 Å². The molecule has 0 radical (unpaired) electrons. The Bertz CT molecular complexity index is 1190. The molecule has 1 aliphatic heterocycles. The number of hydrogen-bond donors (Lipinski definition) is 6. The van der Waals surface area contributed by atoms with Crippen LogP contribution in [0.25, 0.3) is 0 Å². The number of nitrogens with one attached hydrogen (secondary N) is 1. The van der Waals surface area contributed by atoms with Gasteiger partial charge in [0.25, 0.3) is 0 Å². The van der Waals surface area contributed by atoms with E-state index in [2.05, 4.69) is 43.5 Å². The number of unbranched alkanes of at least 4 members (excludes halogenated alkanes) is 38. The third-order valence-corrected chi connectivity index (χ3v) is 14.4. The monoisotopic (exact) mass is 990 g/mol. The summed E-state index contributed by atoms with van der Waals surface area (Å²) < 4.78 is 11.2. The average Bonchev–Trinajstić information content (AvgIpc) is 3.36. The summed E-state index contributed by atoms with van der Waals surface area (Å²) in [5.41, 5.74) is 0. The number of allylic oxidation sites excluding steroid dienone is 5. The van der Waals surface area contributed by atoms with Crippen LogP contribution in [0.3, 0.4) is 0 Å². The summed E-state index contributed by atoms with van der Waals surface area (Å²) in [7, 11) is 0. The van der Waals surface area contributed by atoms with Crippen LogP contribution in [-0.2, 0) is 14.3 Å². The number of aliphatic hydroxyl groups excluding tert-OH is 5. The highest BCUT2D eigenvalue weighted by Crippen LogP contribution is 2.23. The summed E-state index contributed by atoms with van der Waals surface area (Å²) >= 11 is 0. The van der Waals surface area contributed by atoms with Gasteiger partial charge in [-0.1, -0.05) is 262 Å². The summed E-state index contributed by atoms with van der Waals surface area (Å²) in [6, 6.07) is -0.818. The lowest BCUT2D eigenvalue weighted by Gasteiger charge is -2.40. The van der Waals surface area contributed by atoms with Crippen molar-refractivity contribution in [2.75, 3.05) is 13.2 Å². The van der Waals surface area contributed by atoms with Crippen molar-refractivity contribution in [2.24, 2.45) is 0 Å². The maximum Gasteiger partial charge on any atom is 0.220 e. The van der Waals surface area contributed by atoms with Crippen LogP contribution < -0.4 is 5.32 Å². The molecule has 0 aliphatic carbocycles. The number of carbonyl (C=O) groups excluding carboxylic acids is 1.